The molecule has 0 aliphatic heterocycles. The normalized spacial score (nSPS) is 10.3. The van der Waals surface area contributed by atoms with E-state index in [1.807, 2.05) is 6.92 Å². The fourth-order valence-corrected chi connectivity index (χ4v) is 1.99. The molecule has 0 unspecified atom stereocenters. The molecule has 0 atom stereocenters. The van der Waals surface area contributed by atoms with E-state index in [9.17, 15) is 15.2 Å². The Morgan fingerprint density at radius 2 is 2.05 bits per heavy atom. The molecule has 2 aromatic rings. The monoisotopic (exact) mass is 293 g/mol. The molecule has 0 amide bonds. The summed E-state index contributed by atoms with van der Waals surface area (Å²) in [7, 11) is 0. The van der Waals surface area contributed by atoms with Crippen LogP contribution < -0.4 is 4.74 Å². The molecular formula is C14H12ClNO4. The standard InChI is InChI=1S/C14H12ClNO4/c1-9-5-6-12(16(18)19)14(7-9)20-13-4-2-3-11(15)10(13)8-17/h2-7,17H,8H2,1H3. The third-order valence-corrected chi connectivity index (χ3v) is 3.12. The van der Waals surface area contributed by atoms with Gasteiger partial charge >= 0.3 is 5.69 Å². The quantitative estimate of drug-likeness (QED) is 0.686. The Bertz CT molecular complexity index is 658. The zero-order valence-corrected chi connectivity index (χ0v) is 11.4. The maximum absolute atomic E-state index is 11.0. The lowest BCUT2D eigenvalue weighted by molar-refractivity contribution is -0.385. The van der Waals surface area contributed by atoms with Crippen molar-refractivity contribution in [1.29, 1.82) is 0 Å². The summed E-state index contributed by atoms with van der Waals surface area (Å²) >= 11 is 5.96. The second-order valence-corrected chi connectivity index (χ2v) is 4.61. The molecule has 0 aliphatic rings. The molecular weight excluding hydrogens is 282 g/mol. The molecule has 0 spiro atoms. The van der Waals surface area contributed by atoms with E-state index < -0.39 is 4.92 Å². The predicted molar refractivity (Wildman–Crippen MR) is 75.3 cm³/mol. The smallest absolute Gasteiger partial charge is 0.311 e. The zero-order chi connectivity index (χ0) is 14.7. The van der Waals surface area contributed by atoms with Crippen molar-refractivity contribution in [3.05, 3.63) is 62.7 Å². The maximum atomic E-state index is 11.0. The van der Waals surface area contributed by atoms with Crippen LogP contribution in [0.15, 0.2) is 36.4 Å². The molecule has 0 saturated carbocycles. The van der Waals surface area contributed by atoms with Crippen molar-refractivity contribution in [3.8, 4) is 11.5 Å². The van der Waals surface area contributed by atoms with Gasteiger partial charge in [0.2, 0.25) is 5.75 Å². The van der Waals surface area contributed by atoms with Crippen LogP contribution in [-0.4, -0.2) is 10.0 Å². The third kappa shape index (κ3) is 2.89. The lowest BCUT2D eigenvalue weighted by Gasteiger charge is -2.11. The molecule has 1 N–H and O–H groups in total. The van der Waals surface area contributed by atoms with Crippen molar-refractivity contribution in [3.63, 3.8) is 0 Å². The fraction of sp³-hybridized carbons (Fsp3) is 0.143. The van der Waals surface area contributed by atoms with Crippen molar-refractivity contribution in [2.75, 3.05) is 0 Å². The molecule has 0 fully saturated rings. The number of nitro groups is 1. The highest BCUT2D eigenvalue weighted by Gasteiger charge is 2.17. The van der Waals surface area contributed by atoms with Crippen LogP contribution in [0.2, 0.25) is 5.02 Å². The molecule has 2 aromatic carbocycles. The van der Waals surface area contributed by atoms with Crippen LogP contribution in [0, 0.1) is 17.0 Å². The number of aliphatic hydroxyl groups excluding tert-OH is 1. The Kier molecular flexibility index (Phi) is 4.22. The van der Waals surface area contributed by atoms with Gasteiger partial charge in [0.1, 0.15) is 5.75 Å². The highest BCUT2D eigenvalue weighted by molar-refractivity contribution is 6.31. The van der Waals surface area contributed by atoms with Gasteiger partial charge in [-0.25, -0.2) is 0 Å². The largest absolute Gasteiger partial charge is 0.450 e. The van der Waals surface area contributed by atoms with E-state index in [0.29, 0.717) is 16.3 Å². The van der Waals surface area contributed by atoms with Crippen LogP contribution in [-0.2, 0) is 6.61 Å². The molecule has 0 saturated heterocycles. The first-order valence-electron chi connectivity index (χ1n) is 5.84. The van der Waals surface area contributed by atoms with Gasteiger partial charge < -0.3 is 9.84 Å². The Hall–Kier alpha value is -2.11. The predicted octanol–water partition coefficient (Wildman–Crippen LogP) is 3.84. The van der Waals surface area contributed by atoms with Gasteiger partial charge in [-0.1, -0.05) is 23.7 Å². The average molecular weight is 294 g/mol. The van der Waals surface area contributed by atoms with E-state index in [2.05, 4.69) is 0 Å². The van der Waals surface area contributed by atoms with Crippen LogP contribution in [0.25, 0.3) is 0 Å². The first kappa shape index (κ1) is 14.3. The molecule has 104 valence electrons. The van der Waals surface area contributed by atoms with Gasteiger partial charge in [-0.3, -0.25) is 10.1 Å². The number of halogens is 1. The number of benzene rings is 2. The van der Waals surface area contributed by atoms with Gasteiger partial charge in [-0.15, -0.1) is 0 Å². The van der Waals surface area contributed by atoms with E-state index in [-0.39, 0.29) is 18.0 Å². The summed E-state index contributed by atoms with van der Waals surface area (Å²) in [6.07, 6.45) is 0. The number of aryl methyl sites for hydroxylation is 1. The average Bonchev–Trinajstić information content (AvgIpc) is 2.38. The van der Waals surface area contributed by atoms with E-state index >= 15 is 0 Å². The Morgan fingerprint density at radius 1 is 1.30 bits per heavy atom. The fourth-order valence-electron chi connectivity index (χ4n) is 1.76. The van der Waals surface area contributed by atoms with Crippen molar-refractivity contribution < 1.29 is 14.8 Å². The minimum atomic E-state index is -0.516. The van der Waals surface area contributed by atoms with E-state index in [4.69, 9.17) is 16.3 Å². The van der Waals surface area contributed by atoms with Crippen molar-refractivity contribution >= 4 is 17.3 Å². The van der Waals surface area contributed by atoms with Gasteiger partial charge in [0.05, 0.1) is 11.5 Å². The number of ether oxygens (including phenoxy) is 1. The second kappa shape index (κ2) is 5.90. The van der Waals surface area contributed by atoms with Gasteiger partial charge in [-0.05, 0) is 30.7 Å². The first-order chi connectivity index (χ1) is 9.52. The van der Waals surface area contributed by atoms with Gasteiger partial charge in [0.15, 0.2) is 0 Å². The number of nitro benzene ring substituents is 1. The van der Waals surface area contributed by atoms with Crippen LogP contribution >= 0.6 is 11.6 Å². The molecule has 0 aliphatic carbocycles. The highest BCUT2D eigenvalue weighted by atomic mass is 35.5. The first-order valence-corrected chi connectivity index (χ1v) is 6.22. The van der Waals surface area contributed by atoms with E-state index in [0.717, 1.165) is 5.56 Å². The van der Waals surface area contributed by atoms with Crippen LogP contribution in [0.3, 0.4) is 0 Å². The molecule has 20 heavy (non-hydrogen) atoms. The minimum absolute atomic E-state index is 0.118. The van der Waals surface area contributed by atoms with E-state index in [1.54, 1.807) is 30.3 Å². The number of hydrogen-bond acceptors (Lipinski definition) is 4. The summed E-state index contributed by atoms with van der Waals surface area (Å²) in [6.45, 7) is 1.50. The Morgan fingerprint density at radius 3 is 2.70 bits per heavy atom. The summed E-state index contributed by atoms with van der Waals surface area (Å²) in [4.78, 5) is 10.5. The number of rotatable bonds is 4. The Labute approximate surface area is 120 Å². The van der Waals surface area contributed by atoms with E-state index in [1.165, 1.54) is 6.07 Å². The summed E-state index contributed by atoms with van der Waals surface area (Å²) < 4.78 is 5.57. The number of nitrogens with zero attached hydrogens (tertiary/aromatic N) is 1. The van der Waals surface area contributed by atoms with Gasteiger partial charge in [0.25, 0.3) is 0 Å². The highest BCUT2D eigenvalue weighted by Crippen LogP contribution is 2.35. The molecule has 0 bridgehead atoms. The summed E-state index contributed by atoms with van der Waals surface area (Å²) in [6, 6.07) is 9.45. The van der Waals surface area contributed by atoms with Crippen LogP contribution in [0.5, 0.6) is 11.5 Å². The van der Waals surface area contributed by atoms with Crippen molar-refractivity contribution in [2.24, 2.45) is 0 Å². The molecule has 6 heteroatoms. The lowest BCUT2D eigenvalue weighted by atomic mass is 10.2. The lowest BCUT2D eigenvalue weighted by Crippen LogP contribution is -1.97. The van der Waals surface area contributed by atoms with Gasteiger partial charge in [-0.2, -0.15) is 0 Å². The summed E-state index contributed by atoms with van der Waals surface area (Å²) in [5.41, 5.74) is 1.09. The van der Waals surface area contributed by atoms with Crippen molar-refractivity contribution in [2.45, 2.75) is 13.5 Å². The minimum Gasteiger partial charge on any atom is -0.450 e. The second-order valence-electron chi connectivity index (χ2n) is 4.20. The van der Waals surface area contributed by atoms with Gasteiger partial charge in [0, 0.05) is 16.7 Å². The molecule has 2 rings (SSSR count). The summed E-state index contributed by atoms with van der Waals surface area (Å²) in [5, 5.41) is 20.7. The molecule has 0 radical (unpaired) electrons. The Balaban J connectivity index is 2.47. The SMILES string of the molecule is Cc1ccc([N+](=O)[O-])c(Oc2cccc(Cl)c2CO)c1. The molecule has 0 heterocycles. The topological polar surface area (TPSA) is 72.6 Å². The van der Waals surface area contributed by atoms with Crippen molar-refractivity contribution in [1.82, 2.24) is 0 Å². The number of hydrogen-bond donors (Lipinski definition) is 1. The zero-order valence-electron chi connectivity index (χ0n) is 10.7. The molecule has 0 aromatic heterocycles. The third-order valence-electron chi connectivity index (χ3n) is 2.77. The number of aliphatic hydroxyl groups is 1. The summed E-state index contributed by atoms with van der Waals surface area (Å²) in [5.74, 6) is 0.417. The molecule has 5 nitrogen and oxygen atoms in total. The van der Waals surface area contributed by atoms with Crippen LogP contribution in [0.4, 0.5) is 5.69 Å². The maximum Gasteiger partial charge on any atom is 0.311 e. The van der Waals surface area contributed by atoms with Crippen LogP contribution in [0.1, 0.15) is 11.1 Å².